The van der Waals surface area contributed by atoms with E-state index in [9.17, 15) is 18.0 Å². The van der Waals surface area contributed by atoms with Crippen molar-refractivity contribution in [3.63, 3.8) is 0 Å². The molecule has 0 unspecified atom stereocenters. The average molecular weight is 450 g/mol. The number of anilines is 2. The second-order valence-electron chi connectivity index (χ2n) is 9.35. The lowest BCUT2D eigenvalue weighted by molar-refractivity contribution is -0.140. The molecule has 1 aromatic carbocycles. The minimum absolute atomic E-state index is 0.107. The molecule has 1 atom stereocenters. The van der Waals surface area contributed by atoms with Crippen LogP contribution in [0.1, 0.15) is 56.5 Å². The van der Waals surface area contributed by atoms with Gasteiger partial charge in [0, 0.05) is 19.5 Å². The number of amides is 1. The van der Waals surface area contributed by atoms with Gasteiger partial charge in [-0.05, 0) is 36.0 Å². The van der Waals surface area contributed by atoms with E-state index >= 15 is 0 Å². The minimum Gasteiger partial charge on any atom is -0.372 e. The zero-order chi connectivity index (χ0) is 23.5. The largest absolute Gasteiger partial charge is 0.435 e. The highest BCUT2D eigenvalue weighted by atomic mass is 19.4. The number of carbonyl (C=O) groups excluding carboxylic acids is 1. The molecule has 1 amide bonds. The minimum atomic E-state index is -4.69. The van der Waals surface area contributed by atoms with Gasteiger partial charge in [-0.15, -0.1) is 0 Å². The molecule has 0 radical (unpaired) electrons. The summed E-state index contributed by atoms with van der Waals surface area (Å²) >= 11 is 0. The predicted molar refractivity (Wildman–Crippen MR) is 119 cm³/mol. The smallest absolute Gasteiger partial charge is 0.372 e. The Morgan fingerprint density at radius 2 is 1.88 bits per heavy atom. The van der Waals surface area contributed by atoms with Crippen molar-refractivity contribution in [3.8, 4) is 0 Å². The highest BCUT2D eigenvalue weighted by Gasteiger charge is 2.38. The first-order valence-electron chi connectivity index (χ1n) is 10.7. The number of pyridine rings is 1. The number of aromatic nitrogens is 1. The molecule has 1 aromatic heterocycles. The van der Waals surface area contributed by atoms with E-state index in [1.807, 2.05) is 56.0 Å². The summed E-state index contributed by atoms with van der Waals surface area (Å²) in [5.41, 5.74) is -0.311. The fourth-order valence-corrected chi connectivity index (χ4v) is 3.78. The molecule has 0 spiro atoms. The van der Waals surface area contributed by atoms with Crippen molar-refractivity contribution in [2.75, 3.05) is 29.9 Å². The number of hydrogen-bond acceptors (Lipinski definition) is 4. The standard InChI is InChI=1S/C24H30F3N3O2/c1-16-14-19(30-11-10-18(32-13-12-30)17-8-6-5-7-9-17)28-22(24(25,26)27)21(16)29-20(31)15-23(2,3)4/h5-9,14,18H,10-13,15H2,1-4H3,(H,29,31)/t18-/m1/s1. The van der Waals surface area contributed by atoms with Gasteiger partial charge in [0.2, 0.25) is 5.91 Å². The fraction of sp³-hybridized carbons (Fsp3) is 0.500. The summed E-state index contributed by atoms with van der Waals surface area (Å²) in [7, 11) is 0. The van der Waals surface area contributed by atoms with Gasteiger partial charge in [0.1, 0.15) is 5.82 Å². The zero-order valence-corrected chi connectivity index (χ0v) is 18.9. The predicted octanol–water partition coefficient (Wildman–Crippen LogP) is 5.75. The van der Waals surface area contributed by atoms with Crippen LogP contribution in [0.4, 0.5) is 24.7 Å². The van der Waals surface area contributed by atoms with Crippen LogP contribution >= 0.6 is 0 Å². The zero-order valence-electron chi connectivity index (χ0n) is 18.9. The number of ether oxygens (including phenoxy) is 1. The first-order chi connectivity index (χ1) is 14.9. The van der Waals surface area contributed by atoms with E-state index in [0.717, 1.165) is 5.56 Å². The Balaban J connectivity index is 1.85. The van der Waals surface area contributed by atoms with Crippen molar-refractivity contribution in [2.24, 2.45) is 5.41 Å². The van der Waals surface area contributed by atoms with Crippen LogP contribution in [-0.4, -0.2) is 30.6 Å². The van der Waals surface area contributed by atoms with E-state index in [1.165, 1.54) is 0 Å². The summed E-state index contributed by atoms with van der Waals surface area (Å²) in [6.45, 7) is 8.46. The molecule has 3 rings (SSSR count). The van der Waals surface area contributed by atoms with Crippen LogP contribution in [0.3, 0.4) is 0 Å². The average Bonchev–Trinajstić information content (AvgIpc) is 2.94. The number of hydrogen-bond donors (Lipinski definition) is 1. The van der Waals surface area contributed by atoms with Gasteiger partial charge < -0.3 is 15.0 Å². The van der Waals surface area contributed by atoms with Gasteiger partial charge in [-0.3, -0.25) is 4.79 Å². The van der Waals surface area contributed by atoms with E-state index in [-0.39, 0.29) is 29.4 Å². The van der Waals surface area contributed by atoms with Crippen LogP contribution < -0.4 is 10.2 Å². The van der Waals surface area contributed by atoms with E-state index in [4.69, 9.17) is 4.74 Å². The molecule has 1 aliphatic heterocycles. The van der Waals surface area contributed by atoms with Gasteiger partial charge in [0.25, 0.3) is 0 Å². The molecule has 2 aromatic rings. The highest BCUT2D eigenvalue weighted by Crippen LogP contribution is 2.38. The number of nitrogens with one attached hydrogen (secondary N) is 1. The highest BCUT2D eigenvalue weighted by molar-refractivity contribution is 5.92. The number of benzene rings is 1. The Kier molecular flexibility index (Phi) is 7.12. The Bertz CT molecular complexity index is 940. The Morgan fingerprint density at radius 1 is 1.19 bits per heavy atom. The second kappa shape index (κ2) is 9.48. The molecule has 1 aliphatic rings. The SMILES string of the molecule is Cc1cc(N2CCO[C@@H](c3ccccc3)CC2)nc(C(F)(F)F)c1NC(=O)CC(C)(C)C. The maximum Gasteiger partial charge on any atom is 0.435 e. The summed E-state index contributed by atoms with van der Waals surface area (Å²) in [5.74, 6) is -0.226. The lowest BCUT2D eigenvalue weighted by Gasteiger charge is -2.25. The molecular formula is C24H30F3N3O2. The molecule has 8 heteroatoms. The topological polar surface area (TPSA) is 54.5 Å². The van der Waals surface area contributed by atoms with Crippen LogP contribution in [0.25, 0.3) is 0 Å². The van der Waals surface area contributed by atoms with E-state index in [0.29, 0.717) is 31.7 Å². The van der Waals surface area contributed by atoms with Crippen molar-refractivity contribution >= 4 is 17.4 Å². The molecule has 1 N–H and O–H groups in total. The Morgan fingerprint density at radius 3 is 2.50 bits per heavy atom. The molecule has 0 saturated carbocycles. The summed E-state index contributed by atoms with van der Waals surface area (Å²) < 4.78 is 47.6. The Hall–Kier alpha value is -2.61. The molecule has 2 heterocycles. The first-order valence-corrected chi connectivity index (χ1v) is 10.7. The van der Waals surface area contributed by atoms with Gasteiger partial charge >= 0.3 is 6.18 Å². The molecule has 1 saturated heterocycles. The quantitative estimate of drug-likeness (QED) is 0.646. The maximum atomic E-state index is 13.9. The van der Waals surface area contributed by atoms with Crippen LogP contribution in [0, 0.1) is 12.3 Å². The molecule has 174 valence electrons. The molecule has 0 bridgehead atoms. The summed E-state index contributed by atoms with van der Waals surface area (Å²) in [6, 6.07) is 11.4. The van der Waals surface area contributed by atoms with Gasteiger partial charge in [-0.25, -0.2) is 4.98 Å². The van der Waals surface area contributed by atoms with Gasteiger partial charge in [0.05, 0.1) is 18.4 Å². The number of halogens is 3. The van der Waals surface area contributed by atoms with Crippen molar-refractivity contribution in [3.05, 3.63) is 53.2 Å². The summed E-state index contributed by atoms with van der Waals surface area (Å²) in [4.78, 5) is 18.1. The normalized spacial score (nSPS) is 17.7. The molecule has 1 fully saturated rings. The van der Waals surface area contributed by atoms with Crippen molar-refractivity contribution < 1.29 is 22.7 Å². The number of alkyl halides is 3. The van der Waals surface area contributed by atoms with E-state index in [2.05, 4.69) is 10.3 Å². The number of aryl methyl sites for hydroxylation is 1. The third-order valence-electron chi connectivity index (χ3n) is 5.26. The maximum absolute atomic E-state index is 13.9. The van der Waals surface area contributed by atoms with Gasteiger partial charge in [0.15, 0.2) is 5.69 Å². The van der Waals surface area contributed by atoms with Gasteiger partial charge in [-0.2, -0.15) is 13.2 Å². The number of carbonyl (C=O) groups is 1. The number of rotatable bonds is 4. The third-order valence-corrected chi connectivity index (χ3v) is 5.26. The van der Waals surface area contributed by atoms with Crippen LogP contribution in [0.15, 0.2) is 36.4 Å². The van der Waals surface area contributed by atoms with Crippen molar-refractivity contribution in [1.29, 1.82) is 0 Å². The van der Waals surface area contributed by atoms with Crippen molar-refractivity contribution in [1.82, 2.24) is 4.98 Å². The summed E-state index contributed by atoms with van der Waals surface area (Å²) in [6.07, 6.45) is -4.06. The van der Waals surface area contributed by atoms with Gasteiger partial charge in [-0.1, -0.05) is 51.1 Å². The molecule has 32 heavy (non-hydrogen) atoms. The lowest BCUT2D eigenvalue weighted by Crippen LogP contribution is -2.29. The van der Waals surface area contributed by atoms with Crippen LogP contribution in [-0.2, 0) is 15.7 Å². The second-order valence-corrected chi connectivity index (χ2v) is 9.35. The fourth-order valence-electron chi connectivity index (χ4n) is 3.78. The van der Waals surface area contributed by atoms with E-state index < -0.39 is 17.8 Å². The van der Waals surface area contributed by atoms with Crippen LogP contribution in [0.5, 0.6) is 0 Å². The number of nitrogens with zero attached hydrogens (tertiary/aromatic N) is 2. The third kappa shape index (κ3) is 6.22. The van der Waals surface area contributed by atoms with Crippen molar-refractivity contribution in [2.45, 2.75) is 52.8 Å². The Labute approximate surface area is 187 Å². The lowest BCUT2D eigenvalue weighted by atomic mass is 9.92. The van der Waals surface area contributed by atoms with Crippen LogP contribution in [0.2, 0.25) is 0 Å². The van der Waals surface area contributed by atoms with E-state index in [1.54, 1.807) is 13.0 Å². The first kappa shape index (κ1) is 24.0. The summed E-state index contributed by atoms with van der Waals surface area (Å²) in [5, 5.41) is 2.45. The molecule has 5 nitrogen and oxygen atoms in total. The monoisotopic (exact) mass is 449 g/mol. The molecule has 0 aliphatic carbocycles. The molecular weight excluding hydrogens is 419 g/mol.